The number of amides is 2. The van der Waals surface area contributed by atoms with Gasteiger partial charge in [0, 0.05) is 6.54 Å². The van der Waals surface area contributed by atoms with E-state index in [0.29, 0.717) is 17.5 Å². The van der Waals surface area contributed by atoms with E-state index in [1.165, 1.54) is 5.56 Å². The number of hydrogen-bond donors (Lipinski definition) is 2. The lowest BCUT2D eigenvalue weighted by Gasteiger charge is -2.22. The van der Waals surface area contributed by atoms with E-state index >= 15 is 0 Å². The first-order chi connectivity index (χ1) is 18.0. The largest absolute Gasteiger partial charge is 0.481 e. The van der Waals surface area contributed by atoms with Crippen molar-refractivity contribution in [1.29, 1.82) is 0 Å². The maximum Gasteiger partial charge on any atom is 0.309 e. The van der Waals surface area contributed by atoms with Crippen LogP contribution in [0.1, 0.15) is 71.0 Å². The lowest BCUT2D eigenvalue weighted by atomic mass is 9.85. The Morgan fingerprint density at radius 3 is 2.00 bits per heavy atom. The van der Waals surface area contributed by atoms with Crippen molar-refractivity contribution >= 4 is 17.8 Å². The van der Waals surface area contributed by atoms with E-state index in [2.05, 4.69) is 24.3 Å². The molecule has 4 rings (SSSR count). The third-order valence-electron chi connectivity index (χ3n) is 7.35. The van der Waals surface area contributed by atoms with Gasteiger partial charge in [-0.25, -0.2) is 0 Å². The third-order valence-corrected chi connectivity index (χ3v) is 7.35. The first-order valence-corrected chi connectivity index (χ1v) is 13.0. The molecule has 2 N–H and O–H groups in total. The molecular weight excluding hydrogens is 478 g/mol. The number of nitrogens with zero attached hydrogens (tertiary/aromatic N) is 1. The molecule has 1 heterocycles. The molecule has 6 heteroatoms. The molecule has 0 fully saturated rings. The Kier molecular flexibility index (Phi) is 7.83. The van der Waals surface area contributed by atoms with Crippen molar-refractivity contribution < 1.29 is 24.6 Å². The second-order valence-electron chi connectivity index (χ2n) is 11.2. The van der Waals surface area contributed by atoms with E-state index in [-0.39, 0.29) is 24.8 Å². The summed E-state index contributed by atoms with van der Waals surface area (Å²) in [6.07, 6.45) is -0.341. The first-order valence-electron chi connectivity index (χ1n) is 13.0. The minimum atomic E-state index is -1.14. The number of aliphatic hydroxyl groups is 1. The Labute approximate surface area is 223 Å². The summed E-state index contributed by atoms with van der Waals surface area (Å²) in [5.41, 5.74) is 5.87. The van der Waals surface area contributed by atoms with Crippen molar-refractivity contribution in [3.63, 3.8) is 0 Å². The number of aliphatic carboxylic acids is 1. The van der Waals surface area contributed by atoms with Crippen molar-refractivity contribution in [3.05, 3.63) is 94.5 Å². The van der Waals surface area contributed by atoms with E-state index in [0.717, 1.165) is 27.2 Å². The molecule has 0 spiro atoms. The van der Waals surface area contributed by atoms with Crippen LogP contribution in [-0.2, 0) is 16.6 Å². The molecule has 0 aromatic heterocycles. The van der Waals surface area contributed by atoms with Crippen LogP contribution in [0.4, 0.5) is 0 Å². The minimum absolute atomic E-state index is 0.0134. The van der Waals surface area contributed by atoms with Crippen LogP contribution in [0.3, 0.4) is 0 Å². The highest BCUT2D eigenvalue weighted by Gasteiger charge is 2.37. The van der Waals surface area contributed by atoms with Crippen molar-refractivity contribution in [2.24, 2.45) is 5.92 Å². The van der Waals surface area contributed by atoms with Gasteiger partial charge in [0.2, 0.25) is 0 Å². The zero-order valence-corrected chi connectivity index (χ0v) is 22.4. The Hall–Kier alpha value is -3.77. The minimum Gasteiger partial charge on any atom is -0.481 e. The molecule has 6 nitrogen and oxygen atoms in total. The van der Waals surface area contributed by atoms with Crippen LogP contribution < -0.4 is 0 Å². The second-order valence-corrected chi connectivity index (χ2v) is 11.2. The lowest BCUT2D eigenvalue weighted by Crippen LogP contribution is -2.36. The molecule has 3 aromatic rings. The lowest BCUT2D eigenvalue weighted by molar-refractivity contribution is -0.146. The number of hydrogen-bond acceptors (Lipinski definition) is 4. The van der Waals surface area contributed by atoms with Crippen LogP contribution in [-0.4, -0.2) is 45.5 Å². The zero-order valence-electron chi connectivity index (χ0n) is 22.4. The summed E-state index contributed by atoms with van der Waals surface area (Å²) < 4.78 is 0. The van der Waals surface area contributed by atoms with Crippen LogP contribution in [0.5, 0.6) is 0 Å². The summed E-state index contributed by atoms with van der Waals surface area (Å²) in [6.45, 7) is 8.09. The molecule has 1 aliphatic rings. The molecule has 0 saturated heterocycles. The number of fused-ring (bicyclic) bond motifs is 1. The van der Waals surface area contributed by atoms with Gasteiger partial charge < -0.3 is 10.2 Å². The van der Waals surface area contributed by atoms with Gasteiger partial charge in [0.1, 0.15) is 0 Å². The van der Waals surface area contributed by atoms with Crippen molar-refractivity contribution in [3.8, 4) is 11.1 Å². The SMILES string of the molecule is Cc1ccc(-c2ccc(CCC(O)C(CCN3C(=O)c4ccc(C(C)(C)C)cc4C3=O)C(=O)O)cc2)cc1. The van der Waals surface area contributed by atoms with Gasteiger partial charge in [-0.1, -0.05) is 80.9 Å². The first kappa shape index (κ1) is 27.3. The van der Waals surface area contributed by atoms with E-state index in [1.54, 1.807) is 12.1 Å². The van der Waals surface area contributed by atoms with E-state index < -0.39 is 29.8 Å². The Morgan fingerprint density at radius 1 is 0.842 bits per heavy atom. The highest BCUT2D eigenvalue weighted by molar-refractivity contribution is 6.21. The summed E-state index contributed by atoms with van der Waals surface area (Å²) in [4.78, 5) is 38.9. The molecule has 2 unspecified atom stereocenters. The van der Waals surface area contributed by atoms with Gasteiger partial charge in [0.25, 0.3) is 11.8 Å². The quantitative estimate of drug-likeness (QED) is 0.361. The predicted octanol–water partition coefficient (Wildman–Crippen LogP) is 5.64. The average Bonchev–Trinajstić information content (AvgIpc) is 3.12. The van der Waals surface area contributed by atoms with E-state index in [9.17, 15) is 24.6 Å². The topological polar surface area (TPSA) is 94.9 Å². The number of carboxylic acid groups (broad SMARTS) is 1. The summed E-state index contributed by atoms with van der Waals surface area (Å²) in [5.74, 6) is -3.06. The average molecular weight is 514 g/mol. The van der Waals surface area contributed by atoms with Crippen LogP contribution in [0.15, 0.2) is 66.7 Å². The fourth-order valence-corrected chi connectivity index (χ4v) is 4.83. The number of benzene rings is 3. The molecule has 0 saturated carbocycles. The molecule has 2 amide bonds. The van der Waals surface area contributed by atoms with Crippen LogP contribution in [0.25, 0.3) is 11.1 Å². The Morgan fingerprint density at radius 2 is 1.42 bits per heavy atom. The van der Waals surface area contributed by atoms with Crippen LogP contribution in [0, 0.1) is 12.8 Å². The molecule has 0 radical (unpaired) electrons. The van der Waals surface area contributed by atoms with Crippen LogP contribution in [0.2, 0.25) is 0 Å². The number of aryl methyl sites for hydroxylation is 2. The third kappa shape index (κ3) is 5.86. The summed E-state index contributed by atoms with van der Waals surface area (Å²) in [7, 11) is 0. The number of carboxylic acids is 1. The van der Waals surface area contributed by atoms with Gasteiger partial charge in [-0.3, -0.25) is 19.3 Å². The highest BCUT2D eigenvalue weighted by Crippen LogP contribution is 2.30. The van der Waals surface area contributed by atoms with Gasteiger partial charge in [-0.05, 0) is 66.0 Å². The fraction of sp³-hybridized carbons (Fsp3) is 0.344. The molecule has 2 atom stereocenters. The second kappa shape index (κ2) is 10.9. The fourth-order valence-electron chi connectivity index (χ4n) is 4.83. The Bertz CT molecular complexity index is 1340. The molecule has 3 aromatic carbocycles. The van der Waals surface area contributed by atoms with E-state index in [4.69, 9.17) is 0 Å². The van der Waals surface area contributed by atoms with Crippen molar-refractivity contribution in [2.45, 2.75) is 58.5 Å². The number of aliphatic hydroxyl groups excluding tert-OH is 1. The molecule has 38 heavy (non-hydrogen) atoms. The van der Waals surface area contributed by atoms with Gasteiger partial charge in [0.15, 0.2) is 0 Å². The van der Waals surface area contributed by atoms with Crippen molar-refractivity contribution in [1.82, 2.24) is 4.90 Å². The predicted molar refractivity (Wildman–Crippen MR) is 147 cm³/mol. The van der Waals surface area contributed by atoms with E-state index in [1.807, 2.05) is 58.0 Å². The molecule has 198 valence electrons. The molecule has 0 aliphatic carbocycles. The van der Waals surface area contributed by atoms with Gasteiger partial charge in [-0.2, -0.15) is 0 Å². The number of carbonyl (C=O) groups excluding carboxylic acids is 2. The van der Waals surface area contributed by atoms with Crippen LogP contribution >= 0.6 is 0 Å². The highest BCUT2D eigenvalue weighted by atomic mass is 16.4. The maximum absolute atomic E-state index is 13.0. The number of carbonyl (C=O) groups is 3. The molecular formula is C32H35NO5. The molecule has 1 aliphatic heterocycles. The maximum atomic E-state index is 13.0. The summed E-state index contributed by atoms with van der Waals surface area (Å²) in [5, 5.41) is 20.5. The Balaban J connectivity index is 1.36. The van der Waals surface area contributed by atoms with Crippen molar-refractivity contribution in [2.75, 3.05) is 6.54 Å². The zero-order chi connectivity index (χ0) is 27.6. The smallest absolute Gasteiger partial charge is 0.309 e. The summed E-state index contributed by atoms with van der Waals surface area (Å²) in [6, 6.07) is 21.6. The number of imide groups is 1. The monoisotopic (exact) mass is 513 g/mol. The number of rotatable bonds is 9. The summed E-state index contributed by atoms with van der Waals surface area (Å²) >= 11 is 0. The standard InChI is InChI=1S/C32H35NO5/c1-20-5-10-22(11-6-20)23-12-7-21(8-13-23)9-16-28(34)26(31(37)38)17-18-33-29(35)25-15-14-24(32(2,3)4)19-27(25)30(33)36/h5-8,10-15,19,26,28,34H,9,16-18H2,1-4H3,(H,37,38). The normalized spacial score (nSPS) is 14.9. The van der Waals surface area contributed by atoms with Gasteiger partial charge >= 0.3 is 5.97 Å². The molecule has 0 bridgehead atoms. The van der Waals surface area contributed by atoms with Gasteiger partial charge in [-0.15, -0.1) is 0 Å². The van der Waals surface area contributed by atoms with Gasteiger partial charge in [0.05, 0.1) is 23.1 Å².